The fourth-order valence-corrected chi connectivity index (χ4v) is 1.32. The van der Waals surface area contributed by atoms with E-state index < -0.39 is 5.30 Å². The van der Waals surface area contributed by atoms with Crippen molar-refractivity contribution in [2.24, 2.45) is 0 Å². The van der Waals surface area contributed by atoms with Gasteiger partial charge in [0.1, 0.15) is 5.75 Å². The summed E-state index contributed by atoms with van der Waals surface area (Å²) in [6, 6.07) is 0. The molecule has 0 aromatic rings. The van der Waals surface area contributed by atoms with Crippen LogP contribution in [0.25, 0.3) is 0 Å². The van der Waals surface area contributed by atoms with Gasteiger partial charge in [0, 0.05) is 0 Å². The number of carbonyl (C=O) groups excluding carboxylic acids is 2. The Hall–Kier alpha value is -0.710. The molecule has 0 N–H and O–H groups in total. The molecule has 0 unspecified atom stereocenters. The minimum absolute atomic E-state index is 0.0364. The summed E-state index contributed by atoms with van der Waals surface area (Å²) in [5.41, 5.74) is 0. The molecule has 0 aliphatic heterocycles. The highest BCUT2D eigenvalue weighted by Crippen LogP contribution is 2.06. The minimum atomic E-state index is -0.402. The first-order valence-corrected chi connectivity index (χ1v) is 6.64. The maximum atomic E-state index is 11.1. The third-order valence-electron chi connectivity index (χ3n) is 1.79. The summed E-state index contributed by atoms with van der Waals surface area (Å²) >= 11 is 0.857. The van der Waals surface area contributed by atoms with Gasteiger partial charge in [0.15, 0.2) is 0 Å². The van der Waals surface area contributed by atoms with Crippen molar-refractivity contribution in [2.75, 3.05) is 19.0 Å². The lowest BCUT2D eigenvalue weighted by Gasteiger charge is -2.04. The molecular weight excluding hydrogens is 228 g/mol. The van der Waals surface area contributed by atoms with Crippen LogP contribution in [-0.2, 0) is 14.3 Å². The molecule has 0 rings (SSSR count). The zero-order chi connectivity index (χ0) is 12.2. The Morgan fingerprint density at radius 1 is 1.00 bits per heavy atom. The molecule has 0 aromatic heterocycles. The average molecular weight is 248 g/mol. The monoisotopic (exact) mass is 248 g/mol. The first-order valence-electron chi connectivity index (χ1n) is 5.65. The van der Waals surface area contributed by atoms with Crippen molar-refractivity contribution in [1.29, 1.82) is 0 Å². The van der Waals surface area contributed by atoms with Crippen molar-refractivity contribution in [3.8, 4) is 0 Å². The van der Waals surface area contributed by atoms with Crippen LogP contribution in [0, 0.1) is 0 Å². The van der Waals surface area contributed by atoms with Gasteiger partial charge >= 0.3 is 11.3 Å². The summed E-state index contributed by atoms with van der Waals surface area (Å²) in [6.07, 6.45) is 3.68. The molecule has 0 heterocycles. The molecule has 16 heavy (non-hydrogen) atoms. The molecule has 0 bridgehead atoms. The second-order valence-corrected chi connectivity index (χ2v) is 4.23. The standard InChI is InChI=1S/C11H20O4S/c1-3-5-7-14-10(12)9-16-11(13)15-8-6-4-2/h3-9H2,1-2H3. The molecule has 0 aromatic carbocycles. The van der Waals surface area contributed by atoms with Crippen LogP contribution in [0.1, 0.15) is 39.5 Å². The molecule has 5 heteroatoms. The Bertz CT molecular complexity index is 184. The van der Waals surface area contributed by atoms with E-state index >= 15 is 0 Å². The third kappa shape index (κ3) is 9.83. The molecule has 94 valence electrons. The number of ether oxygens (including phenoxy) is 2. The van der Waals surface area contributed by atoms with Crippen LogP contribution < -0.4 is 0 Å². The van der Waals surface area contributed by atoms with Crippen molar-refractivity contribution in [1.82, 2.24) is 0 Å². The molecular formula is C11H20O4S. The van der Waals surface area contributed by atoms with Crippen LogP contribution in [0.2, 0.25) is 0 Å². The van der Waals surface area contributed by atoms with Gasteiger partial charge in [-0.3, -0.25) is 4.79 Å². The Morgan fingerprint density at radius 3 is 2.12 bits per heavy atom. The summed E-state index contributed by atoms with van der Waals surface area (Å²) < 4.78 is 9.77. The second kappa shape index (κ2) is 10.8. The van der Waals surface area contributed by atoms with Crippen LogP contribution in [0.5, 0.6) is 0 Å². The van der Waals surface area contributed by atoms with Crippen molar-refractivity contribution in [3.05, 3.63) is 0 Å². The lowest BCUT2D eigenvalue weighted by atomic mass is 10.4. The van der Waals surface area contributed by atoms with Crippen LogP contribution in [0.15, 0.2) is 0 Å². The van der Waals surface area contributed by atoms with Crippen molar-refractivity contribution in [2.45, 2.75) is 39.5 Å². The van der Waals surface area contributed by atoms with Gasteiger partial charge in [-0.05, 0) is 24.6 Å². The normalized spacial score (nSPS) is 9.88. The van der Waals surface area contributed by atoms with Crippen molar-refractivity contribution < 1.29 is 19.1 Å². The third-order valence-corrected chi connectivity index (χ3v) is 2.52. The van der Waals surface area contributed by atoms with E-state index in [4.69, 9.17) is 9.47 Å². The fraction of sp³-hybridized carbons (Fsp3) is 0.818. The number of rotatable bonds is 8. The van der Waals surface area contributed by atoms with Gasteiger partial charge < -0.3 is 9.47 Å². The highest BCUT2D eigenvalue weighted by Gasteiger charge is 2.09. The van der Waals surface area contributed by atoms with Gasteiger partial charge in [0.2, 0.25) is 0 Å². The summed E-state index contributed by atoms with van der Waals surface area (Å²) in [4.78, 5) is 22.2. The first-order chi connectivity index (χ1) is 7.70. The van der Waals surface area contributed by atoms with E-state index in [0.29, 0.717) is 13.2 Å². The van der Waals surface area contributed by atoms with E-state index in [1.165, 1.54) is 0 Å². The van der Waals surface area contributed by atoms with Gasteiger partial charge in [0.25, 0.3) is 0 Å². The quantitative estimate of drug-likeness (QED) is 0.488. The molecule has 0 fully saturated rings. The van der Waals surface area contributed by atoms with E-state index in [1.807, 2.05) is 13.8 Å². The lowest BCUT2D eigenvalue weighted by Crippen LogP contribution is -2.10. The zero-order valence-corrected chi connectivity index (χ0v) is 10.8. The highest BCUT2D eigenvalue weighted by molar-refractivity contribution is 8.13. The number of hydrogen-bond donors (Lipinski definition) is 0. The molecule has 0 atom stereocenters. The largest absolute Gasteiger partial charge is 0.465 e. The summed E-state index contributed by atoms with van der Waals surface area (Å²) in [6.45, 7) is 4.90. The van der Waals surface area contributed by atoms with Crippen molar-refractivity contribution in [3.63, 3.8) is 0 Å². The number of carbonyl (C=O) groups is 2. The predicted octanol–water partition coefficient (Wildman–Crippen LogP) is 3.00. The average Bonchev–Trinajstić information content (AvgIpc) is 2.27. The topological polar surface area (TPSA) is 52.6 Å². The van der Waals surface area contributed by atoms with Gasteiger partial charge in [-0.25, -0.2) is 4.79 Å². The van der Waals surface area contributed by atoms with Crippen LogP contribution >= 0.6 is 11.8 Å². The molecule has 4 nitrogen and oxygen atoms in total. The van der Waals surface area contributed by atoms with Gasteiger partial charge in [0.05, 0.1) is 13.2 Å². The van der Waals surface area contributed by atoms with E-state index in [0.717, 1.165) is 37.4 Å². The van der Waals surface area contributed by atoms with Crippen molar-refractivity contribution >= 4 is 23.0 Å². The van der Waals surface area contributed by atoms with E-state index in [9.17, 15) is 9.59 Å². The Kier molecular flexibility index (Phi) is 10.3. The molecule has 0 amide bonds. The smallest absolute Gasteiger partial charge is 0.367 e. The number of esters is 1. The number of thioether (sulfide) groups is 1. The van der Waals surface area contributed by atoms with Gasteiger partial charge in [-0.2, -0.15) is 0 Å². The summed E-state index contributed by atoms with van der Waals surface area (Å²) in [5.74, 6) is -0.319. The maximum Gasteiger partial charge on any atom is 0.367 e. The van der Waals surface area contributed by atoms with Crippen LogP contribution in [0.4, 0.5) is 4.79 Å². The predicted molar refractivity (Wildman–Crippen MR) is 64.6 cm³/mol. The zero-order valence-electron chi connectivity index (χ0n) is 9.99. The summed E-state index contributed by atoms with van der Waals surface area (Å²) in [5, 5.41) is -0.402. The second-order valence-electron chi connectivity index (χ2n) is 3.31. The van der Waals surface area contributed by atoms with Crippen LogP contribution in [0.3, 0.4) is 0 Å². The Balaban J connectivity index is 3.40. The fourth-order valence-electron chi connectivity index (χ4n) is 0.831. The van der Waals surface area contributed by atoms with Crippen LogP contribution in [-0.4, -0.2) is 30.2 Å². The molecule has 0 saturated carbocycles. The number of hydrogen-bond acceptors (Lipinski definition) is 5. The molecule has 0 spiro atoms. The highest BCUT2D eigenvalue weighted by atomic mass is 32.2. The molecule has 0 aliphatic carbocycles. The minimum Gasteiger partial charge on any atom is -0.465 e. The molecule has 0 radical (unpaired) electrons. The molecule has 0 saturated heterocycles. The maximum absolute atomic E-state index is 11.1. The summed E-state index contributed by atoms with van der Waals surface area (Å²) in [7, 11) is 0. The van der Waals surface area contributed by atoms with Gasteiger partial charge in [-0.1, -0.05) is 26.7 Å². The number of unbranched alkanes of at least 4 members (excludes halogenated alkanes) is 2. The SMILES string of the molecule is CCCCOC(=O)CSC(=O)OCCCC. The first kappa shape index (κ1) is 15.3. The lowest BCUT2D eigenvalue weighted by molar-refractivity contribution is -0.140. The molecule has 0 aliphatic rings. The van der Waals surface area contributed by atoms with Gasteiger partial charge in [-0.15, -0.1) is 0 Å². The Labute approximate surface area is 101 Å². The van der Waals surface area contributed by atoms with E-state index in [1.54, 1.807) is 0 Å². The van der Waals surface area contributed by atoms with E-state index in [2.05, 4.69) is 0 Å². The van der Waals surface area contributed by atoms with E-state index in [-0.39, 0.29) is 11.7 Å². The Morgan fingerprint density at radius 2 is 1.56 bits per heavy atom.